The molecule has 1 saturated carbocycles. The van der Waals surface area contributed by atoms with Crippen molar-refractivity contribution in [3.05, 3.63) is 40.4 Å². The van der Waals surface area contributed by atoms with Crippen molar-refractivity contribution >= 4 is 57.2 Å². The van der Waals surface area contributed by atoms with Gasteiger partial charge in [-0.15, -0.1) is 0 Å². The predicted octanol–water partition coefficient (Wildman–Crippen LogP) is 4.71. The average Bonchev–Trinajstić information content (AvgIpc) is 3.24. The normalized spacial score (nSPS) is 19.9. The number of nitriles is 1. The van der Waals surface area contributed by atoms with Crippen LogP contribution in [0.4, 0.5) is 29.0 Å². The van der Waals surface area contributed by atoms with Gasteiger partial charge in [0.05, 0.1) is 30.7 Å². The molecule has 0 unspecified atom stereocenters. The van der Waals surface area contributed by atoms with Gasteiger partial charge in [-0.05, 0) is 43.9 Å². The van der Waals surface area contributed by atoms with E-state index in [9.17, 15) is 10.1 Å². The third-order valence-electron chi connectivity index (χ3n) is 7.90. The molecule has 1 aliphatic carbocycles. The zero-order valence-electron chi connectivity index (χ0n) is 20.3. The van der Waals surface area contributed by atoms with Crippen molar-refractivity contribution in [2.24, 2.45) is 0 Å². The Labute approximate surface area is 219 Å². The highest BCUT2D eigenvalue weighted by Gasteiger charge is 2.42. The van der Waals surface area contributed by atoms with Gasteiger partial charge in [0, 0.05) is 29.1 Å². The smallest absolute Gasteiger partial charge is 0.237 e. The summed E-state index contributed by atoms with van der Waals surface area (Å²) in [6.07, 6.45) is 5.43. The van der Waals surface area contributed by atoms with Gasteiger partial charge in [0.25, 0.3) is 0 Å². The number of halogens is 1. The minimum absolute atomic E-state index is 0.0991. The Morgan fingerprint density at radius 3 is 2.46 bits per heavy atom. The quantitative estimate of drug-likeness (QED) is 0.505. The Balaban J connectivity index is 1.51. The number of carbonyl (C=O) groups excluding carboxylic acids is 1. The lowest BCUT2D eigenvalue weighted by Crippen LogP contribution is -2.50. The maximum atomic E-state index is 13.4. The third kappa shape index (κ3) is 3.50. The largest absolute Gasteiger partial charge is 0.378 e. The maximum Gasteiger partial charge on any atom is 0.237 e. The Kier molecular flexibility index (Phi) is 5.17. The molecular weight excluding hydrogens is 490 g/mol. The van der Waals surface area contributed by atoms with Crippen LogP contribution in [-0.4, -0.2) is 47.8 Å². The minimum atomic E-state index is -0.355. The first-order chi connectivity index (χ1) is 18.1. The lowest BCUT2D eigenvalue weighted by Gasteiger charge is -2.43. The number of aromatic nitrogens is 2. The van der Waals surface area contributed by atoms with Crippen molar-refractivity contribution in [1.29, 1.82) is 5.26 Å². The van der Waals surface area contributed by atoms with Crippen LogP contribution in [0.15, 0.2) is 24.3 Å². The maximum absolute atomic E-state index is 13.4. The molecule has 4 aliphatic rings. The summed E-state index contributed by atoms with van der Waals surface area (Å²) in [6.45, 7) is 2.48. The first kappa shape index (κ1) is 22.6. The molecule has 37 heavy (non-hydrogen) atoms. The van der Waals surface area contributed by atoms with Crippen molar-refractivity contribution in [3.63, 3.8) is 0 Å². The fourth-order valence-corrected chi connectivity index (χ4v) is 6.39. The molecule has 3 aromatic rings. The molecule has 9 nitrogen and oxygen atoms in total. The molecule has 1 saturated heterocycles. The number of hydrogen-bond donors (Lipinski definition) is 2. The number of rotatable bonds is 2. The number of nitrogens with zero attached hydrogens (tertiary/aromatic N) is 5. The molecule has 0 radical (unpaired) electrons. The van der Waals surface area contributed by atoms with Gasteiger partial charge in [-0.3, -0.25) is 9.69 Å². The van der Waals surface area contributed by atoms with Crippen LogP contribution in [-0.2, 0) is 16.0 Å². The van der Waals surface area contributed by atoms with Gasteiger partial charge in [-0.1, -0.05) is 24.1 Å². The average molecular weight is 516 g/mol. The van der Waals surface area contributed by atoms with E-state index in [2.05, 4.69) is 21.6 Å². The number of anilines is 5. The highest BCUT2D eigenvalue weighted by atomic mass is 35.5. The Hall–Kier alpha value is -3.61. The second-order valence-corrected chi connectivity index (χ2v) is 10.6. The summed E-state index contributed by atoms with van der Waals surface area (Å²) in [5.74, 6) is 2.50. The number of amides is 1. The van der Waals surface area contributed by atoms with Gasteiger partial charge in [0.1, 0.15) is 40.6 Å². The molecule has 5 heterocycles. The van der Waals surface area contributed by atoms with Gasteiger partial charge in [-0.25, -0.2) is 9.97 Å². The molecule has 2 N–H and O–H groups in total. The van der Waals surface area contributed by atoms with Crippen LogP contribution in [0.1, 0.15) is 43.2 Å². The van der Waals surface area contributed by atoms with E-state index >= 15 is 0 Å². The fourth-order valence-electron chi connectivity index (χ4n) is 6.21. The molecule has 10 heteroatoms. The Morgan fingerprint density at radius 2 is 1.76 bits per heavy atom. The number of pyridine rings is 2. The highest BCUT2D eigenvalue weighted by molar-refractivity contribution is 6.31. The summed E-state index contributed by atoms with van der Waals surface area (Å²) in [6, 6.07) is 9.67. The van der Waals surface area contributed by atoms with E-state index in [-0.39, 0.29) is 18.0 Å². The van der Waals surface area contributed by atoms with Gasteiger partial charge in [-0.2, -0.15) is 5.26 Å². The summed E-state index contributed by atoms with van der Waals surface area (Å²) in [4.78, 5) is 27.3. The van der Waals surface area contributed by atoms with E-state index in [1.165, 1.54) is 6.42 Å². The van der Waals surface area contributed by atoms with E-state index < -0.39 is 0 Å². The van der Waals surface area contributed by atoms with Crippen LogP contribution in [0, 0.1) is 11.3 Å². The van der Waals surface area contributed by atoms with Crippen LogP contribution in [0.3, 0.4) is 0 Å². The summed E-state index contributed by atoms with van der Waals surface area (Å²) < 4.78 is 5.57. The lowest BCUT2D eigenvalue weighted by molar-refractivity contribution is -0.116. The molecule has 0 bridgehead atoms. The minimum Gasteiger partial charge on any atom is -0.378 e. The molecule has 2 fully saturated rings. The standard InChI is InChI=1S/C27H26ClN7O2/c28-16-5-4-6-17(13-16)35-20(36)14-18-21-19(15-29)25(34-9-11-37-12-10-34)30-23-22(21)24(31-26(18)35)33-27(32-23)7-2-1-3-8-27/h4-6,13H,1-3,7-12,14H2,(H,30,32)(H,31,33). The van der Waals surface area contributed by atoms with Crippen LogP contribution in [0.5, 0.6) is 0 Å². The first-order valence-corrected chi connectivity index (χ1v) is 13.2. The van der Waals surface area contributed by atoms with E-state index in [0.29, 0.717) is 60.0 Å². The summed E-state index contributed by atoms with van der Waals surface area (Å²) >= 11 is 6.29. The van der Waals surface area contributed by atoms with Crippen molar-refractivity contribution in [2.45, 2.75) is 44.2 Å². The molecule has 188 valence electrons. The number of ether oxygens (including phenoxy) is 1. The topological polar surface area (TPSA) is 106 Å². The second-order valence-electron chi connectivity index (χ2n) is 10.2. The molecule has 7 rings (SSSR count). The van der Waals surface area contributed by atoms with E-state index in [1.807, 2.05) is 12.1 Å². The van der Waals surface area contributed by atoms with Crippen molar-refractivity contribution in [2.75, 3.05) is 46.7 Å². The van der Waals surface area contributed by atoms with Crippen LogP contribution in [0.2, 0.25) is 5.02 Å². The number of carbonyl (C=O) groups is 1. The summed E-state index contributed by atoms with van der Waals surface area (Å²) in [5, 5.41) is 19.9. The second kappa shape index (κ2) is 8.47. The number of fused-ring (bicyclic) bond motifs is 2. The van der Waals surface area contributed by atoms with Gasteiger partial charge in [0.15, 0.2) is 0 Å². The first-order valence-electron chi connectivity index (χ1n) is 12.9. The number of benzene rings is 1. The monoisotopic (exact) mass is 515 g/mol. The van der Waals surface area contributed by atoms with Crippen LogP contribution >= 0.6 is 11.6 Å². The van der Waals surface area contributed by atoms with E-state index in [0.717, 1.165) is 47.8 Å². The highest BCUT2D eigenvalue weighted by Crippen LogP contribution is 2.49. The van der Waals surface area contributed by atoms with E-state index in [4.69, 9.17) is 26.3 Å². The molecule has 3 aliphatic heterocycles. The van der Waals surface area contributed by atoms with Crippen molar-refractivity contribution in [3.8, 4) is 6.07 Å². The number of morpholine rings is 1. The zero-order valence-corrected chi connectivity index (χ0v) is 21.1. The van der Waals surface area contributed by atoms with Gasteiger partial charge >= 0.3 is 0 Å². The lowest BCUT2D eigenvalue weighted by atomic mass is 9.87. The van der Waals surface area contributed by atoms with Gasteiger partial charge < -0.3 is 20.3 Å². The third-order valence-corrected chi connectivity index (χ3v) is 8.14. The molecule has 1 spiro atoms. The Morgan fingerprint density at radius 1 is 1.03 bits per heavy atom. The van der Waals surface area contributed by atoms with Crippen LogP contribution < -0.4 is 20.4 Å². The van der Waals surface area contributed by atoms with E-state index in [1.54, 1.807) is 17.0 Å². The van der Waals surface area contributed by atoms with Crippen LogP contribution in [0.25, 0.3) is 10.8 Å². The summed E-state index contributed by atoms with van der Waals surface area (Å²) in [7, 11) is 0. The molecular formula is C27H26ClN7O2. The molecule has 2 aromatic heterocycles. The Bertz CT molecular complexity index is 1490. The zero-order chi connectivity index (χ0) is 25.1. The van der Waals surface area contributed by atoms with Crippen molar-refractivity contribution < 1.29 is 9.53 Å². The van der Waals surface area contributed by atoms with Gasteiger partial charge in [0.2, 0.25) is 5.91 Å². The summed E-state index contributed by atoms with van der Waals surface area (Å²) in [5.41, 5.74) is 1.54. The number of nitrogens with one attached hydrogen (secondary N) is 2. The van der Waals surface area contributed by atoms with Crippen molar-refractivity contribution in [1.82, 2.24) is 9.97 Å². The SMILES string of the molecule is N#Cc1c(N2CCOCC2)nc2c3c(nc4c(c13)CC(=O)N4c1cccc(Cl)c1)NC1(CCCCC1)N2. The molecule has 0 atom stereocenters. The molecule has 1 amide bonds. The fraction of sp³-hybridized carbons (Fsp3) is 0.407. The number of hydrogen-bond acceptors (Lipinski definition) is 8. The molecule has 1 aromatic carbocycles. The predicted molar refractivity (Wildman–Crippen MR) is 143 cm³/mol.